The number of carboxylic acid groups (broad SMARTS) is 1. The Balaban J connectivity index is 1.33. The molecule has 1 aromatic rings. The van der Waals surface area contributed by atoms with Crippen LogP contribution in [0.3, 0.4) is 0 Å². The van der Waals surface area contributed by atoms with Crippen molar-refractivity contribution < 1.29 is 29.5 Å². The Morgan fingerprint density at radius 2 is 2.14 bits per heavy atom. The van der Waals surface area contributed by atoms with E-state index >= 15 is 0 Å². The summed E-state index contributed by atoms with van der Waals surface area (Å²) in [7, 11) is 0. The lowest BCUT2D eigenvalue weighted by atomic mass is 10.0. The van der Waals surface area contributed by atoms with Gasteiger partial charge < -0.3 is 31.6 Å². The van der Waals surface area contributed by atoms with Gasteiger partial charge in [0.1, 0.15) is 17.1 Å². The number of allylic oxidation sites excluding steroid dienone is 1. The Kier molecular flexibility index (Phi) is 6.40. The molecule has 4 aliphatic rings. The summed E-state index contributed by atoms with van der Waals surface area (Å²) in [5.41, 5.74) is 5.67. The predicted octanol–water partition coefficient (Wildman–Crippen LogP) is -1.44. The highest BCUT2D eigenvalue weighted by Crippen LogP contribution is 2.41. The van der Waals surface area contributed by atoms with Crippen LogP contribution < -0.4 is 16.4 Å². The van der Waals surface area contributed by atoms with Gasteiger partial charge >= 0.3 is 5.97 Å². The average Bonchev–Trinajstić information content (AvgIpc) is 3.60. The van der Waals surface area contributed by atoms with Gasteiger partial charge in [0, 0.05) is 42.0 Å². The van der Waals surface area contributed by atoms with Crippen LogP contribution in [-0.4, -0.2) is 102 Å². The maximum atomic E-state index is 12.9. The van der Waals surface area contributed by atoms with Crippen LogP contribution >= 0.6 is 23.3 Å². The number of aromatic nitrogens is 2. The minimum absolute atomic E-state index is 0.0642. The number of nitrogens with zero attached hydrogens (tertiary/aromatic N) is 5. The Morgan fingerprint density at radius 3 is 2.78 bits per heavy atom. The summed E-state index contributed by atoms with van der Waals surface area (Å²) in [6.07, 6.45) is 2.97. The van der Waals surface area contributed by atoms with Crippen molar-refractivity contribution in [2.75, 3.05) is 31.1 Å². The fourth-order valence-electron chi connectivity index (χ4n) is 4.72. The smallest absolute Gasteiger partial charge is 0.352 e. The van der Waals surface area contributed by atoms with Gasteiger partial charge in [0.2, 0.25) is 17.4 Å². The first-order chi connectivity index (χ1) is 17.3. The largest absolute Gasteiger partial charge is 0.477 e. The highest BCUT2D eigenvalue weighted by atomic mass is 32.2. The maximum Gasteiger partial charge on any atom is 0.352 e. The Hall–Kier alpha value is -3.50. The number of nitrogens with one attached hydrogen (secondary N) is 2. The molecule has 0 spiro atoms. The van der Waals surface area contributed by atoms with Crippen molar-refractivity contribution in [3.63, 3.8) is 0 Å². The first kappa shape index (κ1) is 24.2. The van der Waals surface area contributed by atoms with Crippen LogP contribution in [0.1, 0.15) is 18.7 Å². The molecule has 14 nitrogen and oxygen atoms in total. The second-order valence-electron chi connectivity index (χ2n) is 8.51. The van der Waals surface area contributed by atoms with E-state index in [1.807, 2.05) is 4.90 Å². The molecule has 3 atom stereocenters. The van der Waals surface area contributed by atoms with E-state index in [1.165, 1.54) is 11.8 Å². The first-order valence-electron chi connectivity index (χ1n) is 11.1. The molecule has 36 heavy (non-hydrogen) atoms. The van der Waals surface area contributed by atoms with E-state index in [2.05, 4.69) is 25.1 Å². The summed E-state index contributed by atoms with van der Waals surface area (Å²) in [6.45, 7) is 2.17. The van der Waals surface area contributed by atoms with Crippen LogP contribution in [0.5, 0.6) is 0 Å². The number of oxime groups is 1. The van der Waals surface area contributed by atoms with Crippen molar-refractivity contribution in [3.8, 4) is 0 Å². The highest BCUT2D eigenvalue weighted by Gasteiger charge is 2.54. The summed E-state index contributed by atoms with van der Waals surface area (Å²) in [6, 6.07) is -0.914. The number of likely N-dealkylation sites (tertiary alicyclic amines) is 1. The van der Waals surface area contributed by atoms with Crippen LogP contribution in [0.2, 0.25) is 0 Å². The molecule has 3 saturated heterocycles. The lowest BCUT2D eigenvalue weighted by molar-refractivity contribution is -0.150. The third-order valence-corrected chi connectivity index (χ3v) is 8.28. The fourth-order valence-corrected chi connectivity index (χ4v) is 6.46. The SMILES string of the molecule is Nc1nc(/C(=N\O)C(=O)N[C@@H]2C(=O)N3C(C(=O)O)=C(/C=C4\CCN([C@@H]5CCNC5)C4=O)CSC23)ns1. The van der Waals surface area contributed by atoms with Gasteiger partial charge in [-0.15, -0.1) is 11.8 Å². The van der Waals surface area contributed by atoms with Gasteiger partial charge in [-0.05, 0) is 31.0 Å². The van der Waals surface area contributed by atoms with Gasteiger partial charge in [-0.3, -0.25) is 19.3 Å². The normalized spacial score (nSPS) is 27.5. The summed E-state index contributed by atoms with van der Waals surface area (Å²) >= 11 is 2.07. The zero-order valence-corrected chi connectivity index (χ0v) is 20.3. The standard InChI is InChI=1S/C20H22N8O6S2/c21-20-24-14(26-36-20)11(25-34)15(29)23-12-17(31)28-13(19(32)33)9(7-35-18(12)28)5-8-2-4-27(16(8)30)10-1-3-22-6-10/h5,10,12,18,22,34H,1-4,6-7H2,(H,23,29)(H,32,33)(H2,21,24,26)/b8-5+,25-11+/t10-,12-,18?/m1/s1. The summed E-state index contributed by atoms with van der Waals surface area (Å²) < 4.78 is 3.82. The molecule has 190 valence electrons. The molecular formula is C20H22N8O6S2. The van der Waals surface area contributed by atoms with E-state index in [1.54, 1.807) is 6.08 Å². The predicted molar refractivity (Wildman–Crippen MR) is 128 cm³/mol. The molecule has 5 rings (SSSR count). The van der Waals surface area contributed by atoms with Crippen molar-refractivity contribution in [2.45, 2.75) is 30.3 Å². The van der Waals surface area contributed by atoms with Crippen molar-refractivity contribution in [2.24, 2.45) is 5.16 Å². The number of rotatable bonds is 6. The molecule has 0 saturated carbocycles. The summed E-state index contributed by atoms with van der Waals surface area (Å²) in [5, 5.41) is 27.1. The number of anilines is 1. The molecular weight excluding hydrogens is 512 g/mol. The molecule has 1 unspecified atom stereocenters. The second-order valence-corrected chi connectivity index (χ2v) is 10.4. The van der Waals surface area contributed by atoms with Crippen molar-refractivity contribution in [1.29, 1.82) is 0 Å². The molecule has 1 aromatic heterocycles. The van der Waals surface area contributed by atoms with Crippen molar-refractivity contribution in [3.05, 3.63) is 28.7 Å². The number of carbonyl (C=O) groups excluding carboxylic acids is 3. The number of β-lactam (4-membered cyclic amide) rings is 1. The number of thioether (sulfide) groups is 1. The molecule has 0 radical (unpaired) electrons. The Morgan fingerprint density at radius 1 is 1.33 bits per heavy atom. The molecule has 0 aromatic carbocycles. The molecule has 5 heterocycles. The molecule has 4 aliphatic heterocycles. The van der Waals surface area contributed by atoms with Crippen molar-refractivity contribution in [1.82, 2.24) is 29.8 Å². The van der Waals surface area contributed by atoms with Crippen molar-refractivity contribution >= 4 is 57.8 Å². The zero-order chi connectivity index (χ0) is 25.6. The van der Waals surface area contributed by atoms with Crippen LogP contribution in [0.4, 0.5) is 5.13 Å². The third-order valence-electron chi connectivity index (χ3n) is 6.44. The topological polar surface area (TPSA) is 203 Å². The summed E-state index contributed by atoms with van der Waals surface area (Å²) in [4.78, 5) is 57.3. The third kappa shape index (κ3) is 4.10. The van der Waals surface area contributed by atoms with Gasteiger partial charge in [0.25, 0.3) is 11.8 Å². The molecule has 16 heteroatoms. The van der Waals surface area contributed by atoms with E-state index in [0.29, 0.717) is 24.1 Å². The van der Waals surface area contributed by atoms with Gasteiger partial charge in [-0.1, -0.05) is 5.16 Å². The molecule has 3 amide bonds. The number of nitrogen functional groups attached to an aromatic ring is 1. The minimum Gasteiger partial charge on any atom is -0.477 e. The van der Waals surface area contributed by atoms with E-state index in [-0.39, 0.29) is 34.4 Å². The van der Waals surface area contributed by atoms with E-state index in [4.69, 9.17) is 5.73 Å². The quantitative estimate of drug-likeness (QED) is 0.0939. The van der Waals surface area contributed by atoms with Gasteiger partial charge in [0.15, 0.2) is 5.13 Å². The van der Waals surface area contributed by atoms with Crippen LogP contribution in [0, 0.1) is 0 Å². The lowest BCUT2D eigenvalue weighted by Gasteiger charge is -2.49. The lowest BCUT2D eigenvalue weighted by Crippen LogP contribution is -2.71. The number of carbonyl (C=O) groups is 4. The minimum atomic E-state index is -1.30. The zero-order valence-electron chi connectivity index (χ0n) is 18.7. The van der Waals surface area contributed by atoms with E-state index < -0.39 is 34.9 Å². The summed E-state index contributed by atoms with van der Waals surface area (Å²) in [5.74, 6) is -2.90. The number of amides is 3. The molecule has 0 aliphatic carbocycles. The van der Waals surface area contributed by atoms with Crippen LogP contribution in [-0.2, 0) is 19.2 Å². The molecule has 3 fully saturated rings. The number of nitrogens with two attached hydrogens (primary N) is 1. The van der Waals surface area contributed by atoms with Gasteiger partial charge in [0.05, 0.1) is 0 Å². The number of aliphatic carboxylic acids is 1. The molecule has 6 N–H and O–H groups in total. The first-order valence-corrected chi connectivity index (χ1v) is 12.9. The Bertz CT molecular complexity index is 1240. The van der Waals surface area contributed by atoms with Gasteiger partial charge in [-0.25, -0.2) is 4.79 Å². The number of hydrogen-bond acceptors (Lipinski definition) is 12. The maximum absolute atomic E-state index is 12.9. The Labute approximate surface area is 212 Å². The monoisotopic (exact) mass is 534 g/mol. The number of hydrogen-bond donors (Lipinski definition) is 5. The molecule has 0 bridgehead atoms. The second kappa shape index (κ2) is 9.51. The average molecular weight is 535 g/mol. The number of carboxylic acids is 1. The fraction of sp³-hybridized carbons (Fsp3) is 0.450. The van der Waals surface area contributed by atoms with E-state index in [9.17, 15) is 29.5 Å². The number of fused-ring (bicyclic) bond motifs is 1. The highest BCUT2D eigenvalue weighted by molar-refractivity contribution is 8.00. The van der Waals surface area contributed by atoms with E-state index in [0.717, 1.165) is 35.9 Å². The van der Waals surface area contributed by atoms with Gasteiger partial charge in [-0.2, -0.15) is 9.36 Å². The van der Waals surface area contributed by atoms with Crippen LogP contribution in [0.25, 0.3) is 0 Å². The van der Waals surface area contributed by atoms with Crippen LogP contribution in [0.15, 0.2) is 28.1 Å².